The first-order valence-electron chi connectivity index (χ1n) is 7.73. The highest BCUT2D eigenvalue weighted by atomic mass is 35.5. The number of nitrogens with zero attached hydrogens (tertiary/aromatic N) is 4. The van der Waals surface area contributed by atoms with Crippen LogP contribution < -0.4 is 10.5 Å². The van der Waals surface area contributed by atoms with Gasteiger partial charge >= 0.3 is 0 Å². The first-order chi connectivity index (χ1) is 12.2. The number of nitrogens with two attached hydrogens (primary N) is 1. The van der Waals surface area contributed by atoms with Crippen LogP contribution in [0.15, 0.2) is 47.8 Å². The van der Waals surface area contributed by atoms with Gasteiger partial charge in [-0.25, -0.2) is 4.39 Å². The van der Waals surface area contributed by atoms with Gasteiger partial charge in [0.2, 0.25) is 0 Å². The van der Waals surface area contributed by atoms with E-state index in [1.54, 1.807) is 31.5 Å². The number of ether oxygens (including phenoxy) is 1. The Morgan fingerprint density at radius 1 is 1.15 bits per heavy atom. The predicted molar refractivity (Wildman–Crippen MR) is 109 cm³/mol. The van der Waals surface area contributed by atoms with Crippen LogP contribution in [0.2, 0.25) is 0 Å². The van der Waals surface area contributed by atoms with Crippen molar-refractivity contribution >= 4 is 36.6 Å². The van der Waals surface area contributed by atoms with Crippen LogP contribution in [-0.2, 0) is 12.2 Å². The van der Waals surface area contributed by atoms with Crippen molar-refractivity contribution in [2.24, 2.45) is 5.73 Å². The van der Waals surface area contributed by atoms with Crippen molar-refractivity contribution in [2.45, 2.75) is 17.3 Å². The molecule has 2 N–H and O–H groups in total. The van der Waals surface area contributed by atoms with Gasteiger partial charge in [-0.3, -0.25) is 9.55 Å². The SMILES string of the molecule is COc1ccnc(CSc2nnc(CCN)n2-c2ccc(F)cc2)c1.Cl.Cl. The summed E-state index contributed by atoms with van der Waals surface area (Å²) in [4.78, 5) is 4.33. The number of hydrogen-bond acceptors (Lipinski definition) is 6. The average molecular weight is 432 g/mol. The van der Waals surface area contributed by atoms with Gasteiger partial charge < -0.3 is 10.5 Å². The topological polar surface area (TPSA) is 78.8 Å². The number of hydrogen-bond donors (Lipinski definition) is 1. The smallest absolute Gasteiger partial charge is 0.196 e. The van der Waals surface area contributed by atoms with Gasteiger partial charge in [0, 0.05) is 30.1 Å². The van der Waals surface area contributed by atoms with Gasteiger partial charge in [0.25, 0.3) is 0 Å². The summed E-state index contributed by atoms with van der Waals surface area (Å²) in [6.07, 6.45) is 2.29. The molecule has 146 valence electrons. The summed E-state index contributed by atoms with van der Waals surface area (Å²) in [5.41, 5.74) is 7.34. The second-order valence-electron chi connectivity index (χ2n) is 5.22. The van der Waals surface area contributed by atoms with E-state index in [0.29, 0.717) is 23.9 Å². The number of aromatic nitrogens is 4. The molecule has 0 saturated carbocycles. The maximum atomic E-state index is 13.2. The Hall–Kier alpha value is -1.87. The minimum Gasteiger partial charge on any atom is -0.497 e. The van der Waals surface area contributed by atoms with Gasteiger partial charge in [-0.15, -0.1) is 35.0 Å². The zero-order valence-corrected chi connectivity index (χ0v) is 17.0. The maximum absolute atomic E-state index is 13.2. The van der Waals surface area contributed by atoms with Crippen molar-refractivity contribution < 1.29 is 9.13 Å². The van der Waals surface area contributed by atoms with E-state index in [0.717, 1.165) is 23.0 Å². The first kappa shape index (κ1) is 23.2. The minimum atomic E-state index is -0.285. The molecule has 6 nitrogen and oxygen atoms in total. The number of pyridine rings is 1. The predicted octanol–water partition coefficient (Wildman–Crippen LogP) is 3.45. The third-order valence-corrected chi connectivity index (χ3v) is 4.49. The Morgan fingerprint density at radius 3 is 2.56 bits per heavy atom. The molecule has 0 fully saturated rings. The van der Waals surface area contributed by atoms with Crippen molar-refractivity contribution in [2.75, 3.05) is 13.7 Å². The summed E-state index contributed by atoms with van der Waals surface area (Å²) < 4.78 is 20.3. The molecule has 0 saturated heterocycles. The summed E-state index contributed by atoms with van der Waals surface area (Å²) >= 11 is 1.50. The van der Waals surface area contributed by atoms with E-state index in [4.69, 9.17) is 10.5 Å². The van der Waals surface area contributed by atoms with Crippen molar-refractivity contribution in [3.8, 4) is 11.4 Å². The number of methoxy groups -OCH3 is 1. The van der Waals surface area contributed by atoms with Gasteiger partial charge in [-0.1, -0.05) is 11.8 Å². The van der Waals surface area contributed by atoms with E-state index in [2.05, 4.69) is 15.2 Å². The molecule has 0 amide bonds. The zero-order valence-electron chi connectivity index (χ0n) is 14.5. The number of benzene rings is 1. The molecule has 0 atom stereocenters. The molecular weight excluding hydrogens is 412 g/mol. The normalized spacial score (nSPS) is 10.0. The molecule has 0 bridgehead atoms. The lowest BCUT2D eigenvalue weighted by Crippen LogP contribution is -2.09. The second-order valence-corrected chi connectivity index (χ2v) is 6.17. The van der Waals surface area contributed by atoms with Crippen LogP contribution in [0.4, 0.5) is 4.39 Å². The Kier molecular flexibility index (Phi) is 9.51. The van der Waals surface area contributed by atoms with Crippen molar-refractivity contribution in [1.82, 2.24) is 19.7 Å². The van der Waals surface area contributed by atoms with Crippen LogP contribution >= 0.6 is 36.6 Å². The highest BCUT2D eigenvalue weighted by Gasteiger charge is 2.14. The number of rotatable bonds is 7. The standard InChI is InChI=1S/C17H18FN5OS.2ClH/c1-24-15-7-9-20-13(10-15)11-25-17-22-21-16(6-8-19)23(17)14-4-2-12(18)3-5-14;;/h2-5,7,9-10H,6,8,11,19H2,1H3;2*1H. The van der Waals surface area contributed by atoms with Crippen LogP contribution in [0.25, 0.3) is 5.69 Å². The second kappa shape index (κ2) is 11.1. The molecule has 1 aromatic carbocycles. The minimum absolute atomic E-state index is 0. The Morgan fingerprint density at radius 2 is 1.89 bits per heavy atom. The van der Waals surface area contributed by atoms with Crippen LogP contribution in [-0.4, -0.2) is 33.4 Å². The molecule has 3 rings (SSSR count). The Balaban J connectivity index is 0.00000182. The molecule has 2 heterocycles. The molecule has 2 aromatic heterocycles. The van der Waals surface area contributed by atoms with Crippen molar-refractivity contribution in [1.29, 1.82) is 0 Å². The van der Waals surface area contributed by atoms with Crippen molar-refractivity contribution in [3.63, 3.8) is 0 Å². The molecule has 0 spiro atoms. The lowest BCUT2D eigenvalue weighted by atomic mass is 10.3. The lowest BCUT2D eigenvalue weighted by Gasteiger charge is -2.10. The molecule has 3 aromatic rings. The monoisotopic (exact) mass is 431 g/mol. The van der Waals surface area contributed by atoms with Crippen LogP contribution in [0.5, 0.6) is 5.75 Å². The molecule has 10 heteroatoms. The van der Waals surface area contributed by atoms with E-state index in [-0.39, 0.29) is 30.6 Å². The van der Waals surface area contributed by atoms with Crippen LogP contribution in [0.3, 0.4) is 0 Å². The number of halogens is 3. The zero-order chi connectivity index (χ0) is 17.6. The highest BCUT2D eigenvalue weighted by molar-refractivity contribution is 7.98. The van der Waals surface area contributed by atoms with Gasteiger partial charge in [0.15, 0.2) is 5.16 Å². The van der Waals surface area contributed by atoms with Gasteiger partial charge in [-0.05, 0) is 36.9 Å². The summed E-state index contributed by atoms with van der Waals surface area (Å²) in [6.45, 7) is 0.460. The van der Waals surface area contributed by atoms with Gasteiger partial charge in [0.1, 0.15) is 17.4 Å². The van der Waals surface area contributed by atoms with E-state index in [9.17, 15) is 4.39 Å². The molecule has 27 heavy (non-hydrogen) atoms. The third kappa shape index (κ3) is 5.80. The molecule has 0 aliphatic heterocycles. The largest absolute Gasteiger partial charge is 0.497 e. The fourth-order valence-corrected chi connectivity index (χ4v) is 3.21. The lowest BCUT2D eigenvalue weighted by molar-refractivity contribution is 0.413. The van der Waals surface area contributed by atoms with E-state index in [1.165, 1.54) is 23.9 Å². The molecule has 0 aliphatic rings. The number of thioether (sulfide) groups is 1. The van der Waals surface area contributed by atoms with Crippen LogP contribution in [0, 0.1) is 5.82 Å². The summed E-state index contributed by atoms with van der Waals surface area (Å²) in [6, 6.07) is 9.92. The fraction of sp³-hybridized carbons (Fsp3) is 0.235. The maximum Gasteiger partial charge on any atom is 0.196 e. The Labute approximate surface area is 173 Å². The molecule has 0 unspecified atom stereocenters. The molecule has 0 radical (unpaired) electrons. The van der Waals surface area contributed by atoms with Crippen molar-refractivity contribution in [3.05, 3.63) is 59.9 Å². The quantitative estimate of drug-likeness (QED) is 0.577. The summed E-state index contributed by atoms with van der Waals surface area (Å²) in [7, 11) is 1.62. The fourth-order valence-electron chi connectivity index (χ4n) is 2.33. The summed E-state index contributed by atoms with van der Waals surface area (Å²) in [5.74, 6) is 1.83. The average Bonchev–Trinajstić information content (AvgIpc) is 3.04. The first-order valence-corrected chi connectivity index (χ1v) is 8.72. The molecule has 0 aliphatic carbocycles. The Bertz CT molecular complexity index is 848. The molecular formula is C17H20Cl2FN5OS. The summed E-state index contributed by atoms with van der Waals surface area (Å²) in [5, 5.41) is 9.19. The highest BCUT2D eigenvalue weighted by Crippen LogP contribution is 2.26. The van der Waals surface area contributed by atoms with E-state index < -0.39 is 0 Å². The van der Waals surface area contributed by atoms with Gasteiger partial charge in [-0.2, -0.15) is 0 Å². The van der Waals surface area contributed by atoms with Gasteiger partial charge in [0.05, 0.1) is 12.8 Å². The van der Waals surface area contributed by atoms with E-state index in [1.807, 2.05) is 10.6 Å². The third-order valence-electron chi connectivity index (χ3n) is 3.53. The van der Waals surface area contributed by atoms with Crippen LogP contribution in [0.1, 0.15) is 11.5 Å². The van der Waals surface area contributed by atoms with E-state index >= 15 is 0 Å².